The van der Waals surface area contributed by atoms with Gasteiger partial charge in [0.1, 0.15) is 17.1 Å². The van der Waals surface area contributed by atoms with E-state index in [1.54, 1.807) is 19.9 Å². The maximum Gasteiger partial charge on any atom is 0.254 e. The van der Waals surface area contributed by atoms with Gasteiger partial charge in [0.05, 0.1) is 16.6 Å². The lowest BCUT2D eigenvalue weighted by atomic mass is 9.53. The number of phenols is 1. The molecular formula is C27H33N3O6. The number of fused-ring (bicyclic) bond motifs is 1. The zero-order valence-electron chi connectivity index (χ0n) is 21.1. The van der Waals surface area contributed by atoms with E-state index in [2.05, 4.69) is 15.4 Å². The third kappa shape index (κ3) is 3.08. The number of piperidine rings is 1. The molecule has 2 aliphatic heterocycles. The summed E-state index contributed by atoms with van der Waals surface area (Å²) in [6, 6.07) is 3.35. The van der Waals surface area contributed by atoms with Gasteiger partial charge in [-0.05, 0) is 77.5 Å². The van der Waals surface area contributed by atoms with Crippen LogP contribution in [-0.4, -0.2) is 62.1 Å². The van der Waals surface area contributed by atoms with Crippen molar-refractivity contribution in [3.05, 3.63) is 46.0 Å². The number of rotatable bonds is 5. The van der Waals surface area contributed by atoms with Crippen LogP contribution in [0.15, 0.2) is 28.0 Å². The van der Waals surface area contributed by atoms with E-state index >= 15 is 0 Å². The Morgan fingerprint density at radius 1 is 1.31 bits per heavy atom. The maximum atomic E-state index is 13.2. The van der Waals surface area contributed by atoms with Crippen molar-refractivity contribution in [2.45, 2.75) is 76.5 Å². The van der Waals surface area contributed by atoms with E-state index in [0.29, 0.717) is 35.9 Å². The van der Waals surface area contributed by atoms with Crippen molar-refractivity contribution >= 4 is 11.6 Å². The molecule has 4 atom stereocenters. The third-order valence-electron chi connectivity index (χ3n) is 8.99. The highest BCUT2D eigenvalue weighted by Crippen LogP contribution is 2.63. The third-order valence-corrected chi connectivity index (χ3v) is 8.99. The van der Waals surface area contributed by atoms with E-state index in [1.165, 1.54) is 19.8 Å². The van der Waals surface area contributed by atoms with Crippen LogP contribution in [0.25, 0.3) is 0 Å². The summed E-state index contributed by atoms with van der Waals surface area (Å²) in [4.78, 5) is 15.5. The minimum Gasteiger partial charge on any atom is -0.508 e. The summed E-state index contributed by atoms with van der Waals surface area (Å²) >= 11 is 0. The van der Waals surface area contributed by atoms with Crippen LogP contribution in [0.2, 0.25) is 0 Å². The molecule has 1 saturated carbocycles. The molecule has 3 heterocycles. The number of aliphatic hydroxyl groups excluding tert-OH is 1. The van der Waals surface area contributed by atoms with Crippen LogP contribution in [0.4, 0.5) is 5.69 Å². The van der Waals surface area contributed by atoms with Gasteiger partial charge in [0.2, 0.25) is 0 Å². The highest BCUT2D eigenvalue weighted by Gasteiger charge is 2.69. The van der Waals surface area contributed by atoms with Crippen molar-refractivity contribution in [3.8, 4) is 11.5 Å². The molecule has 192 valence electrons. The molecule has 6 rings (SSSR count). The van der Waals surface area contributed by atoms with Gasteiger partial charge in [0, 0.05) is 18.2 Å². The average Bonchev–Trinajstić information content (AvgIpc) is 3.50. The quantitative estimate of drug-likeness (QED) is 0.368. The number of nitrogens with zero attached hydrogens (tertiary/aromatic N) is 2. The van der Waals surface area contributed by atoms with Gasteiger partial charge in [-0.15, -0.1) is 0 Å². The summed E-state index contributed by atoms with van der Waals surface area (Å²) in [6.07, 6.45) is 2.59. The maximum absolute atomic E-state index is 13.2. The van der Waals surface area contributed by atoms with Crippen molar-refractivity contribution in [2.75, 3.05) is 18.4 Å². The lowest BCUT2D eigenvalue weighted by Gasteiger charge is -2.59. The Balaban J connectivity index is 1.43. The molecule has 2 aliphatic carbocycles. The molecule has 0 unspecified atom stereocenters. The van der Waals surface area contributed by atoms with Crippen molar-refractivity contribution < 1.29 is 29.4 Å². The summed E-state index contributed by atoms with van der Waals surface area (Å²) in [6.45, 7) is 8.46. The predicted octanol–water partition coefficient (Wildman–Crippen LogP) is 3.26. The fraction of sp³-hybridized carbons (Fsp3) is 0.556. The number of aromatic hydroxyl groups is 1. The standard InChI is InChI=1S/C27H33N3O6/c1-13(25(33)28-21-14(2)29-36-15(21)3)22(32)24-27-9-10-30(12-16-5-6-16)19(26(27,4)34)11-17-7-8-18(31)23(35-24)20(17)27/h7-8,16,19,24,31-32,34H,5-6,9-12H2,1-4H3,(H,28,33)/b22-13-/t19-,24+,26-,27+/m1/s1. The molecule has 2 aromatic rings. The summed E-state index contributed by atoms with van der Waals surface area (Å²) in [5, 5.41) is 41.1. The van der Waals surface area contributed by atoms with Crippen LogP contribution in [-0.2, 0) is 16.6 Å². The van der Waals surface area contributed by atoms with E-state index in [-0.39, 0.29) is 28.9 Å². The molecule has 4 N–H and O–H groups in total. The van der Waals surface area contributed by atoms with Gasteiger partial charge in [-0.3, -0.25) is 9.69 Å². The van der Waals surface area contributed by atoms with Crippen LogP contribution in [0, 0.1) is 19.8 Å². The number of phenolic OH excluding ortho intramolecular Hbond substituents is 1. The summed E-state index contributed by atoms with van der Waals surface area (Å²) in [5.41, 5.74) is 0.558. The topological polar surface area (TPSA) is 128 Å². The Labute approximate surface area is 209 Å². The lowest BCUT2D eigenvalue weighted by molar-refractivity contribution is -0.153. The van der Waals surface area contributed by atoms with Crippen molar-refractivity contribution in [3.63, 3.8) is 0 Å². The molecule has 0 radical (unpaired) electrons. The van der Waals surface area contributed by atoms with Gasteiger partial charge in [0.15, 0.2) is 23.4 Å². The zero-order chi connectivity index (χ0) is 25.6. The Hall–Kier alpha value is -3.04. The smallest absolute Gasteiger partial charge is 0.254 e. The number of amides is 1. The number of aromatic nitrogens is 1. The molecule has 1 saturated heterocycles. The van der Waals surface area contributed by atoms with Gasteiger partial charge in [-0.2, -0.15) is 0 Å². The number of nitrogens with one attached hydrogen (secondary N) is 1. The predicted molar refractivity (Wildman–Crippen MR) is 131 cm³/mol. The number of likely N-dealkylation sites (tertiary alicyclic amines) is 1. The van der Waals surface area contributed by atoms with E-state index in [9.17, 15) is 20.1 Å². The van der Waals surface area contributed by atoms with Crippen LogP contribution in [0.5, 0.6) is 11.5 Å². The average molecular weight is 496 g/mol. The van der Waals surface area contributed by atoms with Crippen LogP contribution in [0.3, 0.4) is 0 Å². The molecule has 1 aromatic heterocycles. The number of carbonyl (C=O) groups is 1. The SMILES string of the molecule is C/C(C(=O)Nc1c(C)noc1C)=C(/O)[C@@H]1Oc2c(O)ccc3c2[C@@]12CCN(CC1CC1)[C@H](C3)[C@@]2(C)O. The van der Waals surface area contributed by atoms with Crippen molar-refractivity contribution in [1.29, 1.82) is 0 Å². The van der Waals surface area contributed by atoms with E-state index < -0.39 is 23.0 Å². The number of anilines is 1. The van der Waals surface area contributed by atoms with Crippen LogP contribution < -0.4 is 10.1 Å². The molecule has 36 heavy (non-hydrogen) atoms. The number of hydrogen-bond donors (Lipinski definition) is 4. The highest BCUT2D eigenvalue weighted by molar-refractivity contribution is 6.04. The molecule has 9 nitrogen and oxygen atoms in total. The summed E-state index contributed by atoms with van der Waals surface area (Å²) in [5.74, 6) is 0.629. The first-order valence-corrected chi connectivity index (χ1v) is 12.7. The fourth-order valence-corrected chi connectivity index (χ4v) is 6.75. The Kier molecular flexibility index (Phi) is 5.02. The van der Waals surface area contributed by atoms with E-state index in [4.69, 9.17) is 9.26 Å². The second kappa shape index (κ2) is 7.73. The van der Waals surface area contributed by atoms with E-state index in [1.807, 2.05) is 13.0 Å². The monoisotopic (exact) mass is 495 g/mol. The Bertz CT molecular complexity index is 1270. The minimum absolute atomic E-state index is 0.0316. The zero-order valence-corrected chi connectivity index (χ0v) is 21.1. The van der Waals surface area contributed by atoms with Gasteiger partial charge in [-0.1, -0.05) is 11.2 Å². The number of aliphatic hydroxyl groups is 2. The Morgan fingerprint density at radius 3 is 2.72 bits per heavy atom. The van der Waals surface area contributed by atoms with Crippen molar-refractivity contribution in [1.82, 2.24) is 10.1 Å². The highest BCUT2D eigenvalue weighted by atomic mass is 16.5. The normalized spacial score (nSPS) is 31.5. The number of carbonyl (C=O) groups excluding carboxylic acids is 1. The van der Waals surface area contributed by atoms with Crippen LogP contribution in [0.1, 0.15) is 55.7 Å². The first-order chi connectivity index (χ1) is 17.1. The molecular weight excluding hydrogens is 462 g/mol. The van der Waals surface area contributed by atoms with Gasteiger partial charge in [-0.25, -0.2) is 0 Å². The van der Waals surface area contributed by atoms with Gasteiger partial charge >= 0.3 is 0 Å². The number of ether oxygens (including phenoxy) is 1. The summed E-state index contributed by atoms with van der Waals surface area (Å²) in [7, 11) is 0. The molecule has 2 fully saturated rings. The minimum atomic E-state index is -1.26. The largest absolute Gasteiger partial charge is 0.508 e. The molecule has 2 bridgehead atoms. The first kappa shape index (κ1) is 23.4. The van der Waals surface area contributed by atoms with Gasteiger partial charge < -0.3 is 29.9 Å². The number of benzene rings is 1. The molecule has 1 spiro atoms. The van der Waals surface area contributed by atoms with Crippen molar-refractivity contribution in [2.24, 2.45) is 5.92 Å². The molecule has 1 amide bonds. The Morgan fingerprint density at radius 2 is 2.06 bits per heavy atom. The molecule has 1 aromatic carbocycles. The summed E-state index contributed by atoms with van der Waals surface area (Å²) < 4.78 is 11.4. The molecule has 4 aliphatic rings. The second-order valence-electron chi connectivity index (χ2n) is 11.1. The number of hydrogen-bond acceptors (Lipinski definition) is 8. The van der Waals surface area contributed by atoms with Gasteiger partial charge in [0.25, 0.3) is 5.91 Å². The number of aryl methyl sites for hydroxylation is 2. The lowest BCUT2D eigenvalue weighted by Crippen LogP contribution is -2.73. The first-order valence-electron chi connectivity index (χ1n) is 12.7. The van der Waals surface area contributed by atoms with E-state index in [0.717, 1.165) is 24.2 Å². The second-order valence-corrected chi connectivity index (χ2v) is 11.1. The fourth-order valence-electron chi connectivity index (χ4n) is 6.75. The van der Waals surface area contributed by atoms with Crippen LogP contribution >= 0.6 is 0 Å². The molecule has 9 heteroatoms.